The summed E-state index contributed by atoms with van der Waals surface area (Å²) in [4.78, 5) is 68.9. The van der Waals surface area contributed by atoms with Gasteiger partial charge in [0.1, 0.15) is 36.6 Å². The summed E-state index contributed by atoms with van der Waals surface area (Å²) >= 11 is 0. The van der Waals surface area contributed by atoms with Crippen LogP contribution in [-0.4, -0.2) is 61.8 Å². The predicted octanol–water partition coefficient (Wildman–Crippen LogP) is 0.183. The Morgan fingerprint density at radius 1 is 1.15 bits per heavy atom. The third-order valence-corrected chi connectivity index (χ3v) is 5.00. The molecule has 0 radical (unpaired) electrons. The van der Waals surface area contributed by atoms with Crippen molar-refractivity contribution in [2.24, 2.45) is 0 Å². The minimum atomic E-state index is -0.825. The summed E-state index contributed by atoms with van der Waals surface area (Å²) in [6.45, 7) is 2.52. The lowest BCUT2D eigenvalue weighted by Gasteiger charge is -2.18. The molecule has 0 unspecified atom stereocenters. The number of H-pyrrole nitrogens is 1. The van der Waals surface area contributed by atoms with E-state index < -0.39 is 35.9 Å². The van der Waals surface area contributed by atoms with Crippen LogP contribution in [0.25, 0.3) is 11.2 Å². The lowest BCUT2D eigenvalue weighted by Crippen LogP contribution is -2.32. The quantitative estimate of drug-likeness (QED) is 0.458. The predicted molar refractivity (Wildman–Crippen MR) is 112 cm³/mol. The molecule has 0 bridgehead atoms. The Morgan fingerprint density at radius 2 is 1.82 bits per heavy atom. The number of imidazole rings is 1. The maximum absolute atomic E-state index is 12.2. The minimum absolute atomic E-state index is 0.0403. The molecule has 0 spiro atoms. The number of hydrogen-bond acceptors (Lipinski definition) is 11. The third-order valence-electron chi connectivity index (χ3n) is 5.00. The Bertz CT molecular complexity index is 1120. The number of aromatic nitrogens is 4. The Balaban J connectivity index is 1.75. The molecule has 3 heterocycles. The Kier molecular flexibility index (Phi) is 7.53. The lowest BCUT2D eigenvalue weighted by molar-refractivity contribution is -0.159. The van der Waals surface area contributed by atoms with Crippen molar-refractivity contribution in [1.29, 1.82) is 0 Å². The van der Waals surface area contributed by atoms with Crippen LogP contribution in [0.3, 0.4) is 0 Å². The Hall–Kier alpha value is -3.61. The normalized spacial score (nSPS) is 20.0. The molecule has 0 saturated carbocycles. The number of Topliss-reactive ketones (excluding diaryl/α,β-unsaturated/α-hetero) is 2. The highest BCUT2D eigenvalue weighted by atomic mass is 16.6. The highest BCUT2D eigenvalue weighted by Gasteiger charge is 2.40. The van der Waals surface area contributed by atoms with Gasteiger partial charge in [-0.05, 0) is 13.8 Å². The van der Waals surface area contributed by atoms with E-state index in [0.29, 0.717) is 0 Å². The molecule has 1 saturated heterocycles. The molecule has 2 aromatic heterocycles. The molecule has 0 amide bonds. The number of esters is 2. The van der Waals surface area contributed by atoms with Gasteiger partial charge in [0.25, 0.3) is 5.56 Å². The summed E-state index contributed by atoms with van der Waals surface area (Å²) in [7, 11) is 0. The van der Waals surface area contributed by atoms with E-state index in [9.17, 15) is 24.0 Å². The molecule has 1 fully saturated rings. The van der Waals surface area contributed by atoms with E-state index in [2.05, 4.69) is 15.0 Å². The van der Waals surface area contributed by atoms with Gasteiger partial charge < -0.3 is 29.5 Å². The van der Waals surface area contributed by atoms with Crippen molar-refractivity contribution >= 4 is 40.6 Å². The number of nitrogens with zero attached hydrogens (tertiary/aromatic N) is 3. The van der Waals surface area contributed by atoms with Crippen molar-refractivity contribution in [3.8, 4) is 0 Å². The van der Waals surface area contributed by atoms with E-state index in [-0.39, 0.29) is 67.4 Å². The Morgan fingerprint density at radius 3 is 2.48 bits per heavy atom. The van der Waals surface area contributed by atoms with Crippen molar-refractivity contribution in [3.63, 3.8) is 0 Å². The number of nitrogens with two attached hydrogens (primary N) is 1. The van der Waals surface area contributed by atoms with Crippen molar-refractivity contribution in [3.05, 3.63) is 16.7 Å². The smallest absolute Gasteiger partial charge is 0.306 e. The summed E-state index contributed by atoms with van der Waals surface area (Å²) in [5, 5.41) is 0. The number of nitrogens with one attached hydrogen (secondary N) is 1. The van der Waals surface area contributed by atoms with Gasteiger partial charge >= 0.3 is 11.9 Å². The minimum Gasteiger partial charge on any atom is -0.463 e. The van der Waals surface area contributed by atoms with Gasteiger partial charge in [0.2, 0.25) is 5.95 Å². The fourth-order valence-corrected chi connectivity index (χ4v) is 3.33. The van der Waals surface area contributed by atoms with E-state index in [1.165, 1.54) is 24.7 Å². The van der Waals surface area contributed by atoms with Gasteiger partial charge in [-0.3, -0.25) is 23.9 Å². The van der Waals surface area contributed by atoms with Gasteiger partial charge in [-0.2, -0.15) is 4.98 Å². The summed E-state index contributed by atoms with van der Waals surface area (Å²) < 4.78 is 18.1. The van der Waals surface area contributed by atoms with Crippen molar-refractivity contribution in [2.75, 3.05) is 12.3 Å². The number of hydrogen-bond donors (Lipinski definition) is 2. The summed E-state index contributed by atoms with van der Waals surface area (Å²) in [5.41, 5.74) is 5.36. The van der Waals surface area contributed by atoms with Gasteiger partial charge in [0, 0.05) is 19.3 Å². The molecule has 3 atom stereocenters. The zero-order chi connectivity index (χ0) is 24.1. The molecule has 1 aliphatic heterocycles. The monoisotopic (exact) mass is 463 g/mol. The molecule has 33 heavy (non-hydrogen) atoms. The zero-order valence-corrected chi connectivity index (χ0v) is 18.2. The van der Waals surface area contributed by atoms with Crippen LogP contribution in [0.4, 0.5) is 5.95 Å². The van der Waals surface area contributed by atoms with E-state index >= 15 is 0 Å². The van der Waals surface area contributed by atoms with E-state index in [4.69, 9.17) is 19.9 Å². The van der Waals surface area contributed by atoms with Gasteiger partial charge in [-0.1, -0.05) is 0 Å². The van der Waals surface area contributed by atoms with Gasteiger partial charge in [-0.25, -0.2) is 4.98 Å². The van der Waals surface area contributed by atoms with Crippen LogP contribution in [0.2, 0.25) is 0 Å². The first kappa shape index (κ1) is 24.0. The second kappa shape index (κ2) is 10.3. The number of nitrogen functional groups attached to an aromatic ring is 1. The molecular formula is C20H25N5O8. The second-order valence-electron chi connectivity index (χ2n) is 7.76. The van der Waals surface area contributed by atoms with Crippen LogP contribution in [0, 0.1) is 0 Å². The van der Waals surface area contributed by atoms with E-state index in [1.54, 1.807) is 0 Å². The molecule has 0 aliphatic carbocycles. The Labute approximate surface area is 187 Å². The van der Waals surface area contributed by atoms with Crippen molar-refractivity contribution < 1.29 is 33.4 Å². The van der Waals surface area contributed by atoms with Crippen LogP contribution >= 0.6 is 0 Å². The third kappa shape index (κ3) is 6.22. The average molecular weight is 463 g/mol. The van der Waals surface area contributed by atoms with Gasteiger partial charge in [0.05, 0.1) is 19.2 Å². The molecule has 13 nitrogen and oxygen atoms in total. The maximum atomic E-state index is 12.2. The maximum Gasteiger partial charge on any atom is 0.306 e. The first-order chi connectivity index (χ1) is 15.6. The average Bonchev–Trinajstić information content (AvgIpc) is 3.33. The van der Waals surface area contributed by atoms with Crippen molar-refractivity contribution in [1.82, 2.24) is 19.5 Å². The lowest BCUT2D eigenvalue weighted by atomic mass is 10.1. The largest absolute Gasteiger partial charge is 0.463 e. The zero-order valence-electron chi connectivity index (χ0n) is 18.2. The number of aromatic amines is 1. The molecule has 2 aromatic rings. The SMILES string of the molecule is CC(=O)CCC(=O)OC[C@H]1O[C@@H](n2cnc3c(=O)[nH]c(N)nc32)C[C@@H]1OC(=O)CCC(C)=O. The molecular weight excluding hydrogens is 438 g/mol. The standard InChI is InChI=1S/C20H25N5O8/c1-10(26)3-5-15(28)31-8-13-12(33-16(29)6-4-11(2)27)7-14(32-13)25-9-22-17-18(25)23-20(21)24-19(17)30/h9,12-14H,3-8H2,1-2H3,(H3,21,23,24,30)/t12-,13+,14+/m0/s1. The van der Waals surface area contributed by atoms with E-state index in [0.717, 1.165) is 0 Å². The molecule has 3 rings (SSSR count). The first-order valence-electron chi connectivity index (χ1n) is 10.4. The number of ether oxygens (including phenoxy) is 3. The second-order valence-corrected chi connectivity index (χ2v) is 7.76. The summed E-state index contributed by atoms with van der Waals surface area (Å²) in [6.07, 6.45) is -0.932. The fourth-order valence-electron chi connectivity index (χ4n) is 3.33. The number of anilines is 1. The number of rotatable bonds is 10. The summed E-state index contributed by atoms with van der Waals surface area (Å²) in [5.74, 6) is -1.58. The molecule has 0 aromatic carbocycles. The van der Waals surface area contributed by atoms with Gasteiger partial charge in [0.15, 0.2) is 11.2 Å². The van der Waals surface area contributed by atoms with Crippen LogP contribution in [0.15, 0.2) is 11.1 Å². The number of carbonyl (C=O) groups is 4. The van der Waals surface area contributed by atoms with Crippen LogP contribution in [0.1, 0.15) is 52.2 Å². The molecule has 1 aliphatic rings. The first-order valence-corrected chi connectivity index (χ1v) is 10.4. The van der Waals surface area contributed by atoms with Crippen molar-refractivity contribution in [2.45, 2.75) is 64.4 Å². The molecule has 178 valence electrons. The number of carbonyl (C=O) groups excluding carboxylic acids is 4. The number of fused-ring (bicyclic) bond motifs is 1. The fraction of sp³-hybridized carbons (Fsp3) is 0.550. The van der Waals surface area contributed by atoms with Crippen LogP contribution in [0.5, 0.6) is 0 Å². The topological polar surface area (TPSA) is 186 Å². The summed E-state index contributed by atoms with van der Waals surface area (Å²) in [6, 6.07) is 0. The number of ketones is 2. The van der Waals surface area contributed by atoms with E-state index in [1.807, 2.05) is 0 Å². The van der Waals surface area contributed by atoms with Gasteiger partial charge in [-0.15, -0.1) is 0 Å². The molecule has 3 N–H and O–H groups in total. The van der Waals surface area contributed by atoms with Crippen LogP contribution < -0.4 is 11.3 Å². The highest BCUT2D eigenvalue weighted by molar-refractivity contribution is 5.81. The highest BCUT2D eigenvalue weighted by Crippen LogP contribution is 2.33. The van der Waals surface area contributed by atoms with Crippen LogP contribution in [-0.2, 0) is 33.4 Å². The molecule has 13 heteroatoms.